The van der Waals surface area contributed by atoms with Crippen LogP contribution in [-0.2, 0) is 6.42 Å². The minimum Gasteiger partial charge on any atom is -0.258 e. The number of hydrogen-bond acceptors (Lipinski definition) is 5. The summed E-state index contributed by atoms with van der Waals surface area (Å²) in [7, 11) is 0. The number of rotatable bonds is 4. The van der Waals surface area contributed by atoms with Crippen molar-refractivity contribution in [2.75, 3.05) is 0 Å². The molecule has 0 unspecified atom stereocenters. The topological polar surface area (TPSA) is 73.8 Å². The number of aromatic nitrogens is 3. The number of hydrogen-bond donors (Lipinski definition) is 0. The summed E-state index contributed by atoms with van der Waals surface area (Å²) in [5, 5.41) is 17.4. The molecule has 0 aliphatic rings. The minimum absolute atomic E-state index is 0.00778. The van der Waals surface area contributed by atoms with E-state index in [-0.39, 0.29) is 10.8 Å². The third kappa shape index (κ3) is 2.16. The fourth-order valence-corrected chi connectivity index (χ4v) is 2.41. The molecule has 0 saturated carbocycles. The molecule has 0 aliphatic heterocycles. The van der Waals surface area contributed by atoms with Crippen LogP contribution in [0.2, 0.25) is 5.15 Å². The molecule has 17 heavy (non-hydrogen) atoms. The van der Waals surface area contributed by atoms with E-state index in [9.17, 15) is 10.1 Å². The average Bonchev–Trinajstić information content (AvgIpc) is 2.86. The van der Waals surface area contributed by atoms with Gasteiger partial charge in [0.15, 0.2) is 0 Å². The second-order valence-corrected chi connectivity index (χ2v) is 4.55. The second-order valence-electron chi connectivity index (χ2n) is 3.32. The fourth-order valence-electron chi connectivity index (χ4n) is 1.46. The van der Waals surface area contributed by atoms with Crippen molar-refractivity contribution in [1.82, 2.24) is 14.8 Å². The van der Waals surface area contributed by atoms with E-state index in [1.807, 2.05) is 6.92 Å². The lowest BCUT2D eigenvalue weighted by atomic mass is 10.2. The zero-order valence-corrected chi connectivity index (χ0v) is 10.5. The van der Waals surface area contributed by atoms with Gasteiger partial charge < -0.3 is 0 Å². The molecule has 0 bridgehead atoms. The van der Waals surface area contributed by atoms with E-state index in [0.717, 1.165) is 6.42 Å². The average molecular weight is 273 g/mol. The van der Waals surface area contributed by atoms with E-state index in [1.54, 1.807) is 11.6 Å². The van der Waals surface area contributed by atoms with Crippen molar-refractivity contribution in [1.29, 1.82) is 0 Å². The Labute approximate surface area is 106 Å². The Kier molecular flexibility index (Phi) is 3.39. The maximum absolute atomic E-state index is 11.0. The molecule has 2 heterocycles. The number of aryl methyl sites for hydroxylation is 1. The lowest BCUT2D eigenvalue weighted by Gasteiger charge is -1.94. The molecule has 2 rings (SSSR count). The van der Waals surface area contributed by atoms with Crippen LogP contribution in [0.3, 0.4) is 0 Å². The second kappa shape index (κ2) is 4.80. The highest BCUT2D eigenvalue weighted by atomic mass is 35.5. The summed E-state index contributed by atoms with van der Waals surface area (Å²) in [6.07, 6.45) is 2.89. The quantitative estimate of drug-likeness (QED) is 0.634. The van der Waals surface area contributed by atoms with Gasteiger partial charge in [-0.2, -0.15) is 9.78 Å². The summed E-state index contributed by atoms with van der Waals surface area (Å²) < 4.78 is 1.31. The molecule has 0 saturated heterocycles. The maximum atomic E-state index is 11.0. The van der Waals surface area contributed by atoms with Crippen LogP contribution < -0.4 is 0 Å². The Bertz CT molecular complexity index is 537. The van der Waals surface area contributed by atoms with Gasteiger partial charge >= 0.3 is 5.69 Å². The van der Waals surface area contributed by atoms with Crippen molar-refractivity contribution in [2.45, 2.75) is 19.8 Å². The van der Waals surface area contributed by atoms with Gasteiger partial charge in [0.1, 0.15) is 5.69 Å². The van der Waals surface area contributed by atoms with Crippen LogP contribution in [0, 0.1) is 10.1 Å². The molecule has 0 N–H and O–H groups in total. The third-order valence-corrected chi connectivity index (χ3v) is 3.23. The molecule has 90 valence electrons. The first kappa shape index (κ1) is 12.0. The van der Waals surface area contributed by atoms with Crippen LogP contribution >= 0.6 is 22.9 Å². The molecule has 2 aromatic heterocycles. The predicted octanol–water partition coefficient (Wildman–Crippen LogP) is 2.84. The zero-order valence-electron chi connectivity index (χ0n) is 8.96. The molecule has 0 fully saturated rings. The van der Waals surface area contributed by atoms with Gasteiger partial charge in [0.05, 0.1) is 4.92 Å². The molecule has 0 spiro atoms. The fraction of sp³-hybridized carbons (Fsp3) is 0.333. The predicted molar refractivity (Wildman–Crippen MR) is 64.9 cm³/mol. The Hall–Kier alpha value is -1.47. The monoisotopic (exact) mass is 272 g/mol. The Morgan fingerprint density at radius 1 is 1.65 bits per heavy atom. The smallest absolute Gasteiger partial charge is 0.258 e. The highest BCUT2D eigenvalue weighted by Crippen LogP contribution is 2.31. The van der Waals surface area contributed by atoms with Gasteiger partial charge in [-0.3, -0.25) is 10.1 Å². The van der Waals surface area contributed by atoms with Crippen LogP contribution in [-0.4, -0.2) is 19.7 Å². The van der Waals surface area contributed by atoms with Crippen LogP contribution in [0.4, 0.5) is 5.69 Å². The SMILES string of the molecule is CCCc1nn(-c2nccs2)c(Cl)c1[N+](=O)[O-]. The van der Waals surface area contributed by atoms with E-state index in [2.05, 4.69) is 10.1 Å². The summed E-state index contributed by atoms with van der Waals surface area (Å²) in [6.45, 7) is 1.93. The van der Waals surface area contributed by atoms with Crippen molar-refractivity contribution in [3.63, 3.8) is 0 Å². The van der Waals surface area contributed by atoms with Gasteiger partial charge in [-0.1, -0.05) is 24.9 Å². The molecule has 0 aliphatic carbocycles. The summed E-state index contributed by atoms with van der Waals surface area (Å²) >= 11 is 7.30. The Morgan fingerprint density at radius 2 is 2.41 bits per heavy atom. The highest BCUT2D eigenvalue weighted by molar-refractivity contribution is 7.12. The molecule has 0 radical (unpaired) electrons. The molecular weight excluding hydrogens is 264 g/mol. The van der Waals surface area contributed by atoms with E-state index < -0.39 is 4.92 Å². The van der Waals surface area contributed by atoms with Crippen LogP contribution in [0.15, 0.2) is 11.6 Å². The zero-order chi connectivity index (χ0) is 12.4. The van der Waals surface area contributed by atoms with Crippen LogP contribution in [0.25, 0.3) is 5.13 Å². The normalized spacial score (nSPS) is 10.7. The van der Waals surface area contributed by atoms with Gasteiger partial charge in [0.2, 0.25) is 10.3 Å². The molecule has 2 aromatic rings. The number of nitrogens with zero attached hydrogens (tertiary/aromatic N) is 4. The number of halogens is 1. The van der Waals surface area contributed by atoms with Crippen molar-refractivity contribution < 1.29 is 4.92 Å². The molecule has 0 aromatic carbocycles. The lowest BCUT2D eigenvalue weighted by Crippen LogP contribution is -1.96. The first-order valence-electron chi connectivity index (χ1n) is 4.96. The maximum Gasteiger partial charge on any atom is 0.329 e. The summed E-state index contributed by atoms with van der Waals surface area (Å²) in [4.78, 5) is 14.5. The largest absolute Gasteiger partial charge is 0.329 e. The minimum atomic E-state index is -0.496. The summed E-state index contributed by atoms with van der Waals surface area (Å²) in [5.41, 5.74) is 0.279. The first-order chi connectivity index (χ1) is 8.15. The highest BCUT2D eigenvalue weighted by Gasteiger charge is 2.27. The number of thiazole rings is 1. The third-order valence-electron chi connectivity index (χ3n) is 2.15. The molecule has 0 atom stereocenters. The van der Waals surface area contributed by atoms with Gasteiger partial charge in [-0.25, -0.2) is 4.98 Å². The molecule has 0 amide bonds. The summed E-state index contributed by atoms with van der Waals surface area (Å²) in [5.74, 6) is 0. The van der Waals surface area contributed by atoms with Gasteiger partial charge in [0, 0.05) is 11.6 Å². The van der Waals surface area contributed by atoms with Crippen molar-refractivity contribution in [2.24, 2.45) is 0 Å². The van der Waals surface area contributed by atoms with Crippen LogP contribution in [0.5, 0.6) is 0 Å². The van der Waals surface area contributed by atoms with Crippen LogP contribution in [0.1, 0.15) is 19.0 Å². The Morgan fingerprint density at radius 3 is 2.94 bits per heavy atom. The van der Waals surface area contributed by atoms with E-state index in [4.69, 9.17) is 11.6 Å². The lowest BCUT2D eigenvalue weighted by molar-refractivity contribution is -0.385. The van der Waals surface area contributed by atoms with E-state index in [1.165, 1.54) is 16.0 Å². The van der Waals surface area contributed by atoms with Crippen molar-refractivity contribution in [3.8, 4) is 5.13 Å². The van der Waals surface area contributed by atoms with Gasteiger partial charge in [-0.15, -0.1) is 11.3 Å². The Balaban J connectivity index is 2.56. The number of nitro groups is 1. The standard InChI is InChI=1S/C9H9ClN4O2S/c1-2-3-6-7(14(15)16)8(10)13(12-6)9-11-4-5-17-9/h4-5H,2-3H2,1H3. The van der Waals surface area contributed by atoms with Crippen molar-refractivity contribution in [3.05, 3.63) is 32.5 Å². The molecule has 6 nitrogen and oxygen atoms in total. The van der Waals surface area contributed by atoms with Gasteiger partial charge in [-0.05, 0) is 6.42 Å². The van der Waals surface area contributed by atoms with Gasteiger partial charge in [0.25, 0.3) is 0 Å². The summed E-state index contributed by atoms with van der Waals surface area (Å²) in [6, 6.07) is 0. The molecular formula is C9H9ClN4O2S. The molecule has 8 heteroatoms. The van der Waals surface area contributed by atoms with E-state index >= 15 is 0 Å². The van der Waals surface area contributed by atoms with Crippen molar-refractivity contribution >= 4 is 28.6 Å². The first-order valence-corrected chi connectivity index (χ1v) is 6.22. The van der Waals surface area contributed by atoms with E-state index in [0.29, 0.717) is 17.2 Å².